The van der Waals surface area contributed by atoms with Crippen LogP contribution in [0, 0.1) is 6.92 Å². The van der Waals surface area contributed by atoms with Crippen LogP contribution in [0.15, 0.2) is 42.5 Å². The molecule has 0 aliphatic carbocycles. The van der Waals surface area contributed by atoms with Gasteiger partial charge in [0, 0.05) is 12.1 Å². The van der Waals surface area contributed by atoms with Crippen LogP contribution < -0.4 is 9.30 Å². The second-order valence-electron chi connectivity index (χ2n) is 3.53. The molecule has 2 heteroatoms. The van der Waals surface area contributed by atoms with Crippen molar-refractivity contribution in [3.05, 3.63) is 55.1 Å². The summed E-state index contributed by atoms with van der Waals surface area (Å²) in [5.41, 5.74) is 2.93. The summed E-state index contributed by atoms with van der Waals surface area (Å²) in [5, 5.41) is 0. The number of benzene rings is 1. The molecule has 0 bridgehead atoms. The Kier molecular flexibility index (Phi) is 1.75. The number of fused-ring (bicyclic) bond motifs is 3. The van der Waals surface area contributed by atoms with E-state index in [0.29, 0.717) is 6.73 Å². The highest BCUT2D eigenvalue weighted by Crippen LogP contribution is 2.30. The summed E-state index contributed by atoms with van der Waals surface area (Å²) in [6.07, 6.45) is 0. The summed E-state index contributed by atoms with van der Waals surface area (Å²) >= 11 is 0. The van der Waals surface area contributed by atoms with Crippen LogP contribution in [0.5, 0.6) is 5.75 Å². The summed E-state index contributed by atoms with van der Waals surface area (Å²) in [6, 6.07) is 13.9. The van der Waals surface area contributed by atoms with Crippen molar-refractivity contribution < 1.29 is 9.30 Å². The summed E-state index contributed by atoms with van der Waals surface area (Å²) in [5.74, 6) is 0.920. The average molecular weight is 196 g/mol. The molecule has 3 rings (SSSR count). The normalized spacial score (nSPS) is 12.6. The third-order valence-corrected chi connectivity index (χ3v) is 2.64. The minimum Gasteiger partial charge on any atom is -0.435 e. The number of pyridine rings is 1. The highest BCUT2D eigenvalue weighted by atomic mass is 16.5. The van der Waals surface area contributed by atoms with Crippen molar-refractivity contribution in [1.82, 2.24) is 0 Å². The Labute approximate surface area is 88.8 Å². The van der Waals surface area contributed by atoms with Gasteiger partial charge in [0.1, 0.15) is 5.75 Å². The lowest BCUT2D eigenvalue weighted by molar-refractivity contribution is -0.720. The maximum absolute atomic E-state index is 5.88. The Balaban J connectivity index is 2.30. The summed E-state index contributed by atoms with van der Waals surface area (Å²) in [6.45, 7) is 6.37. The lowest BCUT2D eigenvalue weighted by Crippen LogP contribution is -2.44. The maximum Gasteiger partial charge on any atom is 0.292 e. The van der Waals surface area contributed by atoms with Gasteiger partial charge in [-0.25, -0.2) is 0 Å². The van der Waals surface area contributed by atoms with Crippen LogP contribution in [0.3, 0.4) is 0 Å². The van der Waals surface area contributed by atoms with Crippen molar-refractivity contribution in [2.75, 3.05) is 0 Å². The van der Waals surface area contributed by atoms with Crippen molar-refractivity contribution in [3.8, 4) is 17.0 Å². The first-order valence-electron chi connectivity index (χ1n) is 4.87. The van der Waals surface area contributed by atoms with Crippen molar-refractivity contribution in [2.45, 2.75) is 6.73 Å². The summed E-state index contributed by atoms with van der Waals surface area (Å²) < 4.78 is 7.57. The average Bonchev–Trinajstić information content (AvgIpc) is 2.29. The van der Waals surface area contributed by atoms with Crippen LogP contribution in [0.25, 0.3) is 11.3 Å². The van der Waals surface area contributed by atoms with Gasteiger partial charge in [0.15, 0.2) is 5.69 Å². The number of nitrogens with zero attached hydrogens (tertiary/aromatic N) is 1. The summed E-state index contributed by atoms with van der Waals surface area (Å²) in [7, 11) is 0. The van der Waals surface area contributed by atoms with Crippen LogP contribution in [0.1, 0.15) is 5.69 Å². The molecule has 1 aromatic carbocycles. The van der Waals surface area contributed by atoms with Gasteiger partial charge in [0.05, 0.1) is 12.5 Å². The highest BCUT2D eigenvalue weighted by molar-refractivity contribution is 5.65. The molecule has 0 saturated heterocycles. The largest absolute Gasteiger partial charge is 0.435 e. The van der Waals surface area contributed by atoms with Crippen molar-refractivity contribution in [3.63, 3.8) is 0 Å². The van der Waals surface area contributed by atoms with Crippen LogP contribution in [-0.4, -0.2) is 0 Å². The molecule has 2 heterocycles. The van der Waals surface area contributed by atoms with E-state index >= 15 is 0 Å². The Bertz CT molecular complexity index is 520. The molecule has 0 saturated carbocycles. The molecule has 2 nitrogen and oxygen atoms in total. The van der Waals surface area contributed by atoms with Gasteiger partial charge in [-0.05, 0) is 18.2 Å². The van der Waals surface area contributed by atoms with Gasteiger partial charge in [0.2, 0.25) is 5.69 Å². The number of rotatable bonds is 0. The van der Waals surface area contributed by atoms with Gasteiger partial charge in [0.25, 0.3) is 6.73 Å². The molecule has 0 unspecified atom stereocenters. The zero-order valence-electron chi connectivity index (χ0n) is 8.18. The summed E-state index contributed by atoms with van der Waals surface area (Å²) in [4.78, 5) is 0. The molecule has 1 aliphatic rings. The number of hydrogen-bond donors (Lipinski definition) is 0. The van der Waals surface area contributed by atoms with E-state index in [-0.39, 0.29) is 0 Å². The smallest absolute Gasteiger partial charge is 0.292 e. The molecule has 0 atom stereocenters. The minimum atomic E-state index is 0.485. The number of para-hydroxylation sites is 1. The van der Waals surface area contributed by atoms with E-state index in [9.17, 15) is 0 Å². The molecule has 0 N–H and O–H groups in total. The van der Waals surface area contributed by atoms with Gasteiger partial charge in [-0.3, -0.25) is 0 Å². The molecular formula is C13H10NO+. The van der Waals surface area contributed by atoms with E-state index < -0.39 is 0 Å². The van der Waals surface area contributed by atoms with E-state index in [4.69, 9.17) is 11.7 Å². The fraction of sp³-hybridized carbons (Fsp3) is 0.0769. The van der Waals surface area contributed by atoms with Crippen LogP contribution >= 0.6 is 0 Å². The predicted octanol–water partition coefficient (Wildman–Crippen LogP) is 2.05. The topological polar surface area (TPSA) is 13.1 Å². The fourth-order valence-electron chi connectivity index (χ4n) is 1.87. The van der Waals surface area contributed by atoms with Gasteiger partial charge in [-0.1, -0.05) is 12.1 Å². The molecule has 15 heavy (non-hydrogen) atoms. The Morgan fingerprint density at radius 3 is 2.87 bits per heavy atom. The van der Waals surface area contributed by atoms with Crippen molar-refractivity contribution >= 4 is 0 Å². The first kappa shape index (κ1) is 8.48. The Morgan fingerprint density at radius 2 is 1.93 bits per heavy atom. The van der Waals surface area contributed by atoms with Gasteiger partial charge in [-0.2, -0.15) is 4.57 Å². The first-order chi connectivity index (χ1) is 7.36. The monoisotopic (exact) mass is 196 g/mol. The van der Waals surface area contributed by atoms with Crippen molar-refractivity contribution in [1.29, 1.82) is 0 Å². The van der Waals surface area contributed by atoms with E-state index in [1.807, 2.05) is 41.0 Å². The van der Waals surface area contributed by atoms with Gasteiger partial charge in [-0.15, -0.1) is 0 Å². The second kappa shape index (κ2) is 3.09. The van der Waals surface area contributed by atoms with Gasteiger partial charge < -0.3 is 4.74 Å². The molecule has 1 aromatic heterocycles. The molecule has 0 amide bonds. The van der Waals surface area contributed by atoms with E-state index in [1.54, 1.807) is 0 Å². The van der Waals surface area contributed by atoms with E-state index in [2.05, 4.69) is 6.07 Å². The van der Waals surface area contributed by atoms with Crippen molar-refractivity contribution in [2.24, 2.45) is 0 Å². The maximum atomic E-state index is 5.88. The SMILES string of the molecule is [CH]c1cccc2[n+]1COc1ccccc1-2. The lowest BCUT2D eigenvalue weighted by Gasteiger charge is -2.16. The number of aromatic nitrogens is 1. The number of hydrogen-bond acceptors (Lipinski definition) is 1. The van der Waals surface area contributed by atoms with Crippen LogP contribution in [0.4, 0.5) is 0 Å². The molecule has 72 valence electrons. The second-order valence-corrected chi connectivity index (χ2v) is 3.53. The molecule has 1 aliphatic heterocycles. The van der Waals surface area contributed by atoms with Crippen LogP contribution in [0.2, 0.25) is 0 Å². The zero-order valence-corrected chi connectivity index (χ0v) is 8.18. The van der Waals surface area contributed by atoms with Gasteiger partial charge >= 0.3 is 0 Å². The molecule has 2 aromatic rings. The molecule has 0 spiro atoms. The third kappa shape index (κ3) is 1.22. The quantitative estimate of drug-likeness (QED) is 0.588. The number of ether oxygens (including phenoxy) is 1. The first-order valence-corrected chi connectivity index (χ1v) is 4.87. The molecule has 0 fully saturated rings. The predicted molar refractivity (Wildman–Crippen MR) is 56.1 cm³/mol. The minimum absolute atomic E-state index is 0.485. The highest BCUT2D eigenvalue weighted by Gasteiger charge is 2.24. The third-order valence-electron chi connectivity index (χ3n) is 2.64. The Morgan fingerprint density at radius 1 is 1.07 bits per heavy atom. The Hall–Kier alpha value is -1.83. The van der Waals surface area contributed by atoms with E-state index in [0.717, 1.165) is 22.7 Å². The zero-order chi connectivity index (χ0) is 10.3. The van der Waals surface area contributed by atoms with Crippen LogP contribution in [-0.2, 0) is 6.73 Å². The molecule has 2 radical (unpaired) electrons. The standard InChI is InChI=1S/C13H10NO/c1-10-5-4-7-12-11-6-2-3-8-13(11)15-9-14(10)12/h1-8H,9H2/q+1. The lowest BCUT2D eigenvalue weighted by atomic mass is 10.1. The molecular weight excluding hydrogens is 186 g/mol. The van der Waals surface area contributed by atoms with E-state index in [1.165, 1.54) is 0 Å². The fourth-order valence-corrected chi connectivity index (χ4v) is 1.87.